The van der Waals surface area contributed by atoms with Crippen LogP contribution in [0.15, 0.2) is 51.7 Å². The first kappa shape index (κ1) is 18.3. The Bertz CT molecular complexity index is 1010. The summed E-state index contributed by atoms with van der Waals surface area (Å²) in [6.07, 6.45) is -0.0469. The van der Waals surface area contributed by atoms with Gasteiger partial charge in [-0.1, -0.05) is 28.1 Å². The van der Waals surface area contributed by atoms with Gasteiger partial charge in [0.25, 0.3) is 0 Å². The van der Waals surface area contributed by atoms with Crippen LogP contribution in [-0.4, -0.2) is 40.8 Å². The number of nitrogens with zero attached hydrogens (tertiary/aromatic N) is 3. The third-order valence-corrected chi connectivity index (χ3v) is 5.66. The van der Waals surface area contributed by atoms with Crippen molar-refractivity contribution in [3.05, 3.63) is 63.0 Å². The van der Waals surface area contributed by atoms with Gasteiger partial charge in [0, 0.05) is 37.7 Å². The van der Waals surface area contributed by atoms with Crippen LogP contribution in [0.25, 0.3) is 11.0 Å². The summed E-state index contributed by atoms with van der Waals surface area (Å²) in [7, 11) is 3.50. The molecule has 6 nitrogen and oxygen atoms in total. The molecule has 1 fully saturated rings. The number of fused-ring (bicyclic) bond motifs is 1. The maximum atomic E-state index is 12.9. The summed E-state index contributed by atoms with van der Waals surface area (Å²) in [4.78, 5) is 15.3. The molecule has 1 N–H and O–H groups in total. The van der Waals surface area contributed by atoms with Crippen molar-refractivity contribution in [2.24, 2.45) is 7.05 Å². The van der Waals surface area contributed by atoms with Gasteiger partial charge in [-0.05, 0) is 35.9 Å². The Balaban J connectivity index is 1.59. The molecule has 1 saturated heterocycles. The molecule has 0 aliphatic carbocycles. The van der Waals surface area contributed by atoms with E-state index in [4.69, 9.17) is 4.74 Å². The molecule has 2 heterocycles. The highest BCUT2D eigenvalue weighted by Gasteiger charge is 2.25. The number of aryl methyl sites for hydroxylation is 1. The van der Waals surface area contributed by atoms with E-state index in [0.717, 1.165) is 47.4 Å². The first-order valence-electron chi connectivity index (χ1n) is 9.02. The molecule has 4 rings (SSSR count). The molecule has 3 aromatic rings. The number of hydrogen-bond acceptors (Lipinski definition) is 4. The SMILES string of the molecule is COc1ccc(CN2CCNC(n3c(=O)n(C)c4cc(Br)ccc43)C2)cc1. The molecule has 0 saturated carbocycles. The van der Waals surface area contributed by atoms with E-state index in [1.807, 2.05) is 41.9 Å². The topological polar surface area (TPSA) is 51.4 Å². The van der Waals surface area contributed by atoms with Crippen molar-refractivity contribution in [1.29, 1.82) is 0 Å². The number of nitrogens with one attached hydrogen (secondary N) is 1. The number of hydrogen-bond donors (Lipinski definition) is 1. The van der Waals surface area contributed by atoms with Gasteiger partial charge in [0.1, 0.15) is 11.9 Å². The molecule has 2 aromatic carbocycles. The van der Waals surface area contributed by atoms with Gasteiger partial charge < -0.3 is 4.74 Å². The van der Waals surface area contributed by atoms with Crippen LogP contribution < -0.4 is 15.7 Å². The average molecular weight is 431 g/mol. The van der Waals surface area contributed by atoms with Crippen molar-refractivity contribution < 1.29 is 4.74 Å². The van der Waals surface area contributed by atoms with Gasteiger partial charge in [-0.2, -0.15) is 0 Å². The van der Waals surface area contributed by atoms with Crippen LogP contribution >= 0.6 is 15.9 Å². The summed E-state index contributed by atoms with van der Waals surface area (Å²) >= 11 is 3.50. The Morgan fingerprint density at radius 3 is 2.70 bits per heavy atom. The summed E-state index contributed by atoms with van der Waals surface area (Å²) < 4.78 is 9.79. The lowest BCUT2D eigenvalue weighted by atomic mass is 10.2. The summed E-state index contributed by atoms with van der Waals surface area (Å²) in [6.45, 7) is 3.43. The Morgan fingerprint density at radius 1 is 1.19 bits per heavy atom. The van der Waals surface area contributed by atoms with Gasteiger partial charge in [-0.25, -0.2) is 4.79 Å². The van der Waals surface area contributed by atoms with E-state index >= 15 is 0 Å². The van der Waals surface area contributed by atoms with Crippen LogP contribution in [-0.2, 0) is 13.6 Å². The average Bonchev–Trinajstić information content (AvgIpc) is 2.93. The van der Waals surface area contributed by atoms with Crippen molar-refractivity contribution in [3.63, 3.8) is 0 Å². The highest BCUT2D eigenvalue weighted by Crippen LogP contribution is 2.22. The first-order valence-corrected chi connectivity index (χ1v) is 9.81. The molecule has 1 aliphatic rings. The molecular weight excluding hydrogens is 408 g/mol. The van der Waals surface area contributed by atoms with Crippen LogP contribution in [0.2, 0.25) is 0 Å². The zero-order chi connectivity index (χ0) is 19.0. The maximum Gasteiger partial charge on any atom is 0.330 e. The van der Waals surface area contributed by atoms with E-state index < -0.39 is 0 Å². The fourth-order valence-electron chi connectivity index (χ4n) is 3.73. The number of halogens is 1. The fraction of sp³-hybridized carbons (Fsp3) is 0.350. The lowest BCUT2D eigenvalue weighted by Gasteiger charge is -2.34. The van der Waals surface area contributed by atoms with Crippen LogP contribution in [0.5, 0.6) is 5.75 Å². The molecule has 0 bridgehead atoms. The van der Waals surface area contributed by atoms with Crippen LogP contribution in [0.3, 0.4) is 0 Å². The summed E-state index contributed by atoms with van der Waals surface area (Å²) in [5.41, 5.74) is 3.13. The smallest absolute Gasteiger partial charge is 0.330 e. The van der Waals surface area contributed by atoms with Crippen LogP contribution in [0, 0.1) is 0 Å². The quantitative estimate of drug-likeness (QED) is 0.691. The molecule has 1 aromatic heterocycles. The van der Waals surface area contributed by atoms with Crippen molar-refractivity contribution in [1.82, 2.24) is 19.4 Å². The molecule has 0 spiro atoms. The minimum absolute atomic E-state index is 0.00639. The van der Waals surface area contributed by atoms with Gasteiger partial charge in [0.05, 0.1) is 18.1 Å². The molecule has 7 heteroatoms. The Hall–Kier alpha value is -2.09. The normalized spacial score (nSPS) is 18.1. The van der Waals surface area contributed by atoms with E-state index in [1.54, 1.807) is 11.7 Å². The van der Waals surface area contributed by atoms with E-state index in [0.29, 0.717) is 0 Å². The first-order chi connectivity index (χ1) is 13.1. The van der Waals surface area contributed by atoms with Gasteiger partial charge >= 0.3 is 5.69 Å². The molecule has 1 unspecified atom stereocenters. The van der Waals surface area contributed by atoms with E-state index in [-0.39, 0.29) is 11.9 Å². The number of aromatic nitrogens is 2. The predicted octanol–water partition coefficient (Wildman–Crippen LogP) is 2.72. The minimum Gasteiger partial charge on any atom is -0.497 e. The number of benzene rings is 2. The van der Waals surface area contributed by atoms with Crippen molar-refractivity contribution in [2.75, 3.05) is 26.7 Å². The van der Waals surface area contributed by atoms with E-state index in [9.17, 15) is 4.79 Å². The Morgan fingerprint density at radius 2 is 1.96 bits per heavy atom. The van der Waals surface area contributed by atoms with Gasteiger partial charge in [-0.3, -0.25) is 19.4 Å². The number of methoxy groups -OCH3 is 1. The van der Waals surface area contributed by atoms with Crippen molar-refractivity contribution in [3.8, 4) is 5.75 Å². The second kappa shape index (κ2) is 7.50. The summed E-state index contributed by atoms with van der Waals surface area (Å²) in [6, 6.07) is 14.1. The minimum atomic E-state index is -0.0469. The number of ether oxygens (including phenoxy) is 1. The highest BCUT2D eigenvalue weighted by molar-refractivity contribution is 9.10. The van der Waals surface area contributed by atoms with Gasteiger partial charge in [0.15, 0.2) is 0 Å². The fourth-order valence-corrected chi connectivity index (χ4v) is 4.08. The third kappa shape index (κ3) is 3.54. The molecule has 142 valence electrons. The van der Waals surface area contributed by atoms with Crippen LogP contribution in [0.4, 0.5) is 0 Å². The summed E-state index contributed by atoms with van der Waals surface area (Å²) in [5, 5.41) is 3.51. The zero-order valence-corrected chi connectivity index (χ0v) is 17.1. The zero-order valence-electron chi connectivity index (χ0n) is 15.5. The van der Waals surface area contributed by atoms with Gasteiger partial charge in [0.2, 0.25) is 0 Å². The Kier molecular flexibility index (Phi) is 5.08. The molecule has 1 atom stereocenters. The number of piperazine rings is 1. The van der Waals surface area contributed by atoms with Crippen LogP contribution in [0.1, 0.15) is 11.7 Å². The number of imidazole rings is 1. The molecular formula is C20H23BrN4O2. The predicted molar refractivity (Wildman–Crippen MR) is 110 cm³/mol. The summed E-state index contributed by atoms with van der Waals surface area (Å²) in [5.74, 6) is 0.866. The molecule has 1 aliphatic heterocycles. The second-order valence-electron chi connectivity index (χ2n) is 6.90. The van der Waals surface area contributed by atoms with Crippen molar-refractivity contribution in [2.45, 2.75) is 12.7 Å². The lowest BCUT2D eigenvalue weighted by molar-refractivity contribution is 0.159. The van der Waals surface area contributed by atoms with E-state index in [1.165, 1.54) is 5.56 Å². The van der Waals surface area contributed by atoms with Gasteiger partial charge in [-0.15, -0.1) is 0 Å². The third-order valence-electron chi connectivity index (χ3n) is 5.17. The Labute approximate surface area is 166 Å². The standard InChI is InChI=1S/C20H23BrN4O2/c1-23-18-11-15(21)5-8-17(18)25(20(23)26)19-13-24(10-9-22-19)12-14-3-6-16(27-2)7-4-14/h3-8,11,19,22H,9-10,12-13H2,1-2H3. The van der Waals surface area contributed by atoms with E-state index in [2.05, 4.69) is 38.3 Å². The number of rotatable bonds is 4. The molecule has 27 heavy (non-hydrogen) atoms. The largest absolute Gasteiger partial charge is 0.497 e. The van der Waals surface area contributed by atoms with Crippen molar-refractivity contribution >= 4 is 27.0 Å². The lowest BCUT2D eigenvalue weighted by Crippen LogP contribution is -2.49. The molecule has 0 radical (unpaired) electrons. The highest BCUT2D eigenvalue weighted by atomic mass is 79.9. The maximum absolute atomic E-state index is 12.9. The second-order valence-corrected chi connectivity index (χ2v) is 7.81. The molecule has 0 amide bonds. The monoisotopic (exact) mass is 430 g/mol.